The molecule has 0 aliphatic heterocycles. The van der Waals surface area contributed by atoms with Gasteiger partial charge < -0.3 is 30.6 Å². The Bertz CT molecular complexity index is 678. The van der Waals surface area contributed by atoms with Gasteiger partial charge in [0.25, 0.3) is 0 Å². The van der Waals surface area contributed by atoms with Gasteiger partial charge in [-0.05, 0) is 44.5 Å². The van der Waals surface area contributed by atoms with Crippen LogP contribution in [-0.2, 0) is 39.6 Å². The molecule has 0 aliphatic rings. The Balaban J connectivity index is 2.97. The minimum Gasteiger partial charge on any atom is -0.392 e. The van der Waals surface area contributed by atoms with E-state index < -0.39 is 33.0 Å². The van der Waals surface area contributed by atoms with E-state index in [1.54, 1.807) is 24.3 Å². The maximum Gasteiger partial charge on any atom is 0.0691 e. The number of benzene rings is 2. The van der Waals surface area contributed by atoms with Crippen LogP contribution >= 0.6 is 0 Å². The minimum absolute atomic E-state index is 0.240. The molecule has 0 heterocycles. The van der Waals surface area contributed by atoms with Crippen molar-refractivity contribution in [1.29, 1.82) is 0 Å². The summed E-state index contributed by atoms with van der Waals surface area (Å²) in [7, 11) is 0. The first-order valence-corrected chi connectivity index (χ1v) is 7.60. The molecular formula is C18H22O6. The highest BCUT2D eigenvalue weighted by Gasteiger charge is 2.23. The summed E-state index contributed by atoms with van der Waals surface area (Å²) in [6.07, 6.45) is 0. The highest BCUT2D eigenvalue weighted by Crippen LogP contribution is 2.38. The van der Waals surface area contributed by atoms with Crippen molar-refractivity contribution in [3.05, 3.63) is 57.6 Å². The Hall–Kier alpha value is -1.80. The predicted octanol–water partition coefficient (Wildman–Crippen LogP) is 0.307. The summed E-state index contributed by atoms with van der Waals surface area (Å²) < 4.78 is 0. The molecule has 130 valence electrons. The molecule has 0 spiro atoms. The molecule has 0 saturated carbocycles. The summed E-state index contributed by atoms with van der Waals surface area (Å²) in [5.74, 6) is 0. The molecule has 6 nitrogen and oxygen atoms in total. The van der Waals surface area contributed by atoms with Gasteiger partial charge in [0.05, 0.1) is 39.6 Å². The van der Waals surface area contributed by atoms with Gasteiger partial charge in [0.15, 0.2) is 0 Å². The van der Waals surface area contributed by atoms with E-state index in [-0.39, 0.29) is 6.61 Å². The Labute approximate surface area is 139 Å². The fraction of sp³-hybridized carbons (Fsp3) is 0.333. The summed E-state index contributed by atoms with van der Waals surface area (Å²) >= 11 is 0. The topological polar surface area (TPSA) is 121 Å². The zero-order valence-corrected chi connectivity index (χ0v) is 13.2. The molecule has 0 aliphatic carbocycles. The fourth-order valence-electron chi connectivity index (χ4n) is 3.18. The third kappa shape index (κ3) is 3.08. The van der Waals surface area contributed by atoms with E-state index in [0.717, 1.165) is 0 Å². The highest BCUT2D eigenvalue weighted by atomic mass is 16.3. The zero-order valence-electron chi connectivity index (χ0n) is 13.2. The van der Waals surface area contributed by atoms with Crippen LogP contribution in [0.4, 0.5) is 0 Å². The lowest BCUT2D eigenvalue weighted by atomic mass is 9.83. The average molecular weight is 334 g/mol. The summed E-state index contributed by atoms with van der Waals surface area (Å²) in [6.45, 7) is -2.38. The van der Waals surface area contributed by atoms with Crippen molar-refractivity contribution in [3.8, 4) is 11.1 Å². The molecule has 0 amide bonds. The molecule has 2 aromatic rings. The van der Waals surface area contributed by atoms with Crippen LogP contribution in [0.5, 0.6) is 0 Å². The van der Waals surface area contributed by atoms with Crippen molar-refractivity contribution in [3.63, 3.8) is 0 Å². The van der Waals surface area contributed by atoms with Crippen LogP contribution in [0, 0.1) is 0 Å². The number of aliphatic hydroxyl groups excluding tert-OH is 6. The van der Waals surface area contributed by atoms with Crippen molar-refractivity contribution in [2.45, 2.75) is 39.6 Å². The van der Waals surface area contributed by atoms with Crippen molar-refractivity contribution in [1.82, 2.24) is 0 Å². The van der Waals surface area contributed by atoms with Crippen LogP contribution in [0.15, 0.2) is 24.3 Å². The lowest BCUT2D eigenvalue weighted by Crippen LogP contribution is -2.13. The second-order valence-electron chi connectivity index (χ2n) is 5.37. The monoisotopic (exact) mass is 334 g/mol. The molecule has 0 fully saturated rings. The number of hydrogen-bond donors (Lipinski definition) is 6. The summed E-state index contributed by atoms with van der Waals surface area (Å²) in [4.78, 5) is 0. The largest absolute Gasteiger partial charge is 0.392 e. The number of rotatable bonds is 7. The average Bonchev–Trinajstić information content (AvgIpc) is 2.64. The first-order chi connectivity index (χ1) is 11.7. The smallest absolute Gasteiger partial charge is 0.0691 e. The zero-order chi connectivity index (χ0) is 17.7. The summed E-state index contributed by atoms with van der Waals surface area (Å²) in [6, 6.07) is 6.97. The van der Waals surface area contributed by atoms with Gasteiger partial charge in [0.2, 0.25) is 0 Å². The van der Waals surface area contributed by atoms with Gasteiger partial charge in [-0.25, -0.2) is 0 Å². The lowest BCUT2D eigenvalue weighted by Gasteiger charge is -2.24. The molecule has 6 heteroatoms. The molecule has 0 unspecified atom stereocenters. The Morgan fingerprint density at radius 1 is 0.500 bits per heavy atom. The normalized spacial score (nSPS) is 11.1. The molecule has 0 aromatic heterocycles. The molecule has 6 N–H and O–H groups in total. The van der Waals surface area contributed by atoms with Gasteiger partial charge in [0, 0.05) is 0 Å². The molecule has 2 aromatic carbocycles. The third-order valence-corrected chi connectivity index (χ3v) is 4.31. The quantitative estimate of drug-likeness (QED) is 0.433. The van der Waals surface area contributed by atoms with E-state index >= 15 is 0 Å². The Morgan fingerprint density at radius 3 is 1.33 bits per heavy atom. The van der Waals surface area contributed by atoms with Gasteiger partial charge in [0.1, 0.15) is 0 Å². The second kappa shape index (κ2) is 8.34. The van der Waals surface area contributed by atoms with Gasteiger partial charge >= 0.3 is 0 Å². The first-order valence-electron chi connectivity index (χ1n) is 7.60. The van der Waals surface area contributed by atoms with Crippen molar-refractivity contribution in [2.24, 2.45) is 0 Å². The highest BCUT2D eigenvalue weighted by molar-refractivity contribution is 5.77. The second-order valence-corrected chi connectivity index (χ2v) is 5.37. The van der Waals surface area contributed by atoms with Gasteiger partial charge in [-0.15, -0.1) is 0 Å². The minimum atomic E-state index is -0.437. The van der Waals surface area contributed by atoms with Crippen LogP contribution in [0.2, 0.25) is 0 Å². The van der Waals surface area contributed by atoms with Crippen molar-refractivity contribution in [2.75, 3.05) is 0 Å². The van der Waals surface area contributed by atoms with E-state index in [2.05, 4.69) is 0 Å². The van der Waals surface area contributed by atoms with Crippen molar-refractivity contribution < 1.29 is 30.6 Å². The molecule has 0 bridgehead atoms. The molecule has 0 saturated heterocycles. The van der Waals surface area contributed by atoms with Gasteiger partial charge in [-0.3, -0.25) is 0 Å². The Kier molecular flexibility index (Phi) is 6.44. The maximum absolute atomic E-state index is 9.86. The van der Waals surface area contributed by atoms with Crippen LogP contribution in [0.25, 0.3) is 11.1 Å². The van der Waals surface area contributed by atoms with E-state index in [1.165, 1.54) is 0 Å². The van der Waals surface area contributed by atoms with Crippen LogP contribution < -0.4 is 0 Å². The van der Waals surface area contributed by atoms with Crippen LogP contribution in [0.1, 0.15) is 33.4 Å². The standard InChI is InChI=1S/C18H22O6/c19-5-11-3-1-2-4-12(11)18-16(9-23)14(7-21)13(6-20)15(8-22)17(18)10-24/h1-4,19-24H,5-10H2. The van der Waals surface area contributed by atoms with E-state index in [1.807, 2.05) is 0 Å². The van der Waals surface area contributed by atoms with Gasteiger partial charge in [-0.2, -0.15) is 0 Å². The predicted molar refractivity (Wildman–Crippen MR) is 87.4 cm³/mol. The van der Waals surface area contributed by atoms with E-state index in [4.69, 9.17) is 0 Å². The number of aliphatic hydroxyl groups is 6. The van der Waals surface area contributed by atoms with Gasteiger partial charge in [-0.1, -0.05) is 24.3 Å². The van der Waals surface area contributed by atoms with Crippen LogP contribution in [-0.4, -0.2) is 30.6 Å². The summed E-state index contributed by atoms with van der Waals surface area (Å²) in [5.41, 5.74) is 3.34. The lowest BCUT2D eigenvalue weighted by molar-refractivity contribution is 0.233. The first kappa shape index (κ1) is 18.5. The fourth-order valence-corrected chi connectivity index (χ4v) is 3.18. The molecule has 24 heavy (non-hydrogen) atoms. The summed E-state index contributed by atoms with van der Waals surface area (Å²) in [5, 5.41) is 58.4. The van der Waals surface area contributed by atoms with E-state index in [9.17, 15) is 30.6 Å². The molecule has 0 atom stereocenters. The molecule has 2 rings (SSSR count). The van der Waals surface area contributed by atoms with E-state index in [0.29, 0.717) is 44.5 Å². The van der Waals surface area contributed by atoms with Crippen LogP contribution in [0.3, 0.4) is 0 Å². The number of hydrogen-bond acceptors (Lipinski definition) is 6. The SMILES string of the molecule is OCc1ccccc1-c1c(CO)c(CO)c(CO)c(CO)c1CO. The maximum atomic E-state index is 9.86. The third-order valence-electron chi connectivity index (χ3n) is 4.31. The Morgan fingerprint density at radius 2 is 0.917 bits per heavy atom. The molecule has 0 radical (unpaired) electrons. The molecular weight excluding hydrogens is 312 g/mol. The van der Waals surface area contributed by atoms with Crippen molar-refractivity contribution >= 4 is 0 Å².